The van der Waals surface area contributed by atoms with Crippen LogP contribution in [0.2, 0.25) is 0 Å². The van der Waals surface area contributed by atoms with Crippen LogP contribution in [0.15, 0.2) is 18.2 Å². The Morgan fingerprint density at radius 1 is 1.17 bits per heavy atom. The minimum atomic E-state index is -0.894. The van der Waals surface area contributed by atoms with E-state index in [1.54, 1.807) is 0 Å². The van der Waals surface area contributed by atoms with Crippen molar-refractivity contribution in [3.63, 3.8) is 0 Å². The summed E-state index contributed by atoms with van der Waals surface area (Å²) in [5, 5.41) is 6.83. The molecular weight excluding hydrogens is 236 g/mol. The second-order valence-corrected chi connectivity index (χ2v) is 4.63. The Morgan fingerprint density at radius 2 is 1.94 bits per heavy atom. The SMILES string of the molecule is Fc1cccc(-c2n[nH]c(C3CCCC3)n2)c1F. The highest BCUT2D eigenvalue weighted by Gasteiger charge is 2.22. The summed E-state index contributed by atoms with van der Waals surface area (Å²) in [6.07, 6.45) is 4.55. The summed E-state index contributed by atoms with van der Waals surface area (Å²) in [6, 6.07) is 4.03. The lowest BCUT2D eigenvalue weighted by Crippen LogP contribution is -1.95. The van der Waals surface area contributed by atoms with Crippen LogP contribution >= 0.6 is 0 Å². The van der Waals surface area contributed by atoms with E-state index in [0.29, 0.717) is 5.92 Å². The quantitative estimate of drug-likeness (QED) is 0.886. The molecule has 3 nitrogen and oxygen atoms in total. The maximum atomic E-state index is 13.6. The van der Waals surface area contributed by atoms with E-state index in [9.17, 15) is 8.78 Å². The van der Waals surface area contributed by atoms with E-state index >= 15 is 0 Å². The van der Waals surface area contributed by atoms with Crippen molar-refractivity contribution in [2.45, 2.75) is 31.6 Å². The molecule has 0 amide bonds. The predicted octanol–water partition coefficient (Wildman–Crippen LogP) is 3.41. The molecule has 0 aliphatic heterocycles. The van der Waals surface area contributed by atoms with Crippen molar-refractivity contribution in [2.75, 3.05) is 0 Å². The summed E-state index contributed by atoms with van der Waals surface area (Å²) in [4.78, 5) is 4.29. The standard InChI is InChI=1S/C13H13F2N3/c14-10-7-3-6-9(11(10)15)13-16-12(17-18-13)8-4-1-2-5-8/h3,6-8H,1-2,4-5H2,(H,16,17,18). The molecule has 1 heterocycles. The molecule has 0 unspecified atom stereocenters. The van der Waals surface area contributed by atoms with Crippen LogP contribution in [0, 0.1) is 11.6 Å². The highest BCUT2D eigenvalue weighted by molar-refractivity contribution is 5.55. The lowest BCUT2D eigenvalue weighted by molar-refractivity contribution is 0.510. The first-order chi connectivity index (χ1) is 8.75. The average molecular weight is 249 g/mol. The van der Waals surface area contributed by atoms with Gasteiger partial charge in [0, 0.05) is 5.92 Å². The van der Waals surface area contributed by atoms with Crippen molar-refractivity contribution < 1.29 is 8.78 Å². The summed E-state index contributed by atoms with van der Waals surface area (Å²) in [7, 11) is 0. The van der Waals surface area contributed by atoms with Crippen LogP contribution in [-0.4, -0.2) is 15.2 Å². The van der Waals surface area contributed by atoms with E-state index in [0.717, 1.165) is 24.7 Å². The lowest BCUT2D eigenvalue weighted by atomic mass is 10.1. The first-order valence-electron chi connectivity index (χ1n) is 6.12. The normalized spacial score (nSPS) is 16.3. The van der Waals surface area contributed by atoms with Crippen molar-refractivity contribution >= 4 is 0 Å². The fraction of sp³-hybridized carbons (Fsp3) is 0.385. The summed E-state index contributed by atoms with van der Waals surface area (Å²) >= 11 is 0. The molecule has 1 aliphatic carbocycles. The van der Waals surface area contributed by atoms with E-state index in [1.807, 2.05) is 0 Å². The number of benzene rings is 1. The average Bonchev–Trinajstić information content (AvgIpc) is 3.01. The molecule has 1 aromatic carbocycles. The van der Waals surface area contributed by atoms with E-state index < -0.39 is 11.6 Å². The fourth-order valence-corrected chi connectivity index (χ4v) is 2.45. The van der Waals surface area contributed by atoms with Crippen LogP contribution in [0.25, 0.3) is 11.4 Å². The molecule has 18 heavy (non-hydrogen) atoms. The molecule has 1 fully saturated rings. The van der Waals surface area contributed by atoms with Gasteiger partial charge in [0.05, 0.1) is 5.56 Å². The zero-order valence-electron chi connectivity index (χ0n) is 9.79. The number of nitrogens with one attached hydrogen (secondary N) is 1. The van der Waals surface area contributed by atoms with Crippen molar-refractivity contribution in [3.8, 4) is 11.4 Å². The number of halogens is 2. The van der Waals surface area contributed by atoms with Gasteiger partial charge in [-0.2, -0.15) is 5.10 Å². The van der Waals surface area contributed by atoms with Crippen molar-refractivity contribution in [1.82, 2.24) is 15.2 Å². The van der Waals surface area contributed by atoms with Gasteiger partial charge in [0.25, 0.3) is 0 Å². The monoisotopic (exact) mass is 249 g/mol. The van der Waals surface area contributed by atoms with Crippen LogP contribution in [0.5, 0.6) is 0 Å². The largest absolute Gasteiger partial charge is 0.262 e. The molecule has 0 bridgehead atoms. The number of aromatic nitrogens is 3. The van der Waals surface area contributed by atoms with Gasteiger partial charge < -0.3 is 0 Å². The van der Waals surface area contributed by atoms with Crippen molar-refractivity contribution in [3.05, 3.63) is 35.7 Å². The summed E-state index contributed by atoms with van der Waals surface area (Å²) in [5.41, 5.74) is 0.107. The van der Waals surface area contributed by atoms with Gasteiger partial charge in [-0.15, -0.1) is 0 Å². The molecule has 1 aromatic heterocycles. The number of rotatable bonds is 2. The Labute approximate surface area is 103 Å². The topological polar surface area (TPSA) is 41.6 Å². The van der Waals surface area contributed by atoms with E-state index in [-0.39, 0.29) is 11.4 Å². The molecule has 0 spiro atoms. The number of aromatic amines is 1. The number of nitrogens with zero attached hydrogens (tertiary/aromatic N) is 2. The van der Waals surface area contributed by atoms with Gasteiger partial charge in [0.1, 0.15) is 5.82 Å². The highest BCUT2D eigenvalue weighted by atomic mass is 19.2. The number of H-pyrrole nitrogens is 1. The third kappa shape index (κ3) is 1.89. The maximum absolute atomic E-state index is 13.6. The zero-order chi connectivity index (χ0) is 12.5. The van der Waals surface area contributed by atoms with Crippen LogP contribution in [0.1, 0.15) is 37.4 Å². The fourth-order valence-electron chi connectivity index (χ4n) is 2.45. The predicted molar refractivity (Wildman–Crippen MR) is 62.9 cm³/mol. The minimum Gasteiger partial charge on any atom is -0.262 e. The number of hydrogen-bond acceptors (Lipinski definition) is 2. The smallest absolute Gasteiger partial charge is 0.184 e. The van der Waals surface area contributed by atoms with E-state index in [1.165, 1.54) is 25.0 Å². The second-order valence-electron chi connectivity index (χ2n) is 4.63. The third-order valence-electron chi connectivity index (χ3n) is 3.44. The Hall–Kier alpha value is -1.78. The van der Waals surface area contributed by atoms with Crippen LogP contribution in [0.3, 0.4) is 0 Å². The van der Waals surface area contributed by atoms with Gasteiger partial charge in [-0.05, 0) is 25.0 Å². The van der Waals surface area contributed by atoms with E-state index in [2.05, 4.69) is 15.2 Å². The Bertz CT molecular complexity index is 559. The zero-order valence-corrected chi connectivity index (χ0v) is 9.79. The molecule has 5 heteroatoms. The molecule has 1 aliphatic rings. The molecule has 1 N–H and O–H groups in total. The van der Waals surface area contributed by atoms with Crippen LogP contribution < -0.4 is 0 Å². The first-order valence-corrected chi connectivity index (χ1v) is 6.12. The Morgan fingerprint density at radius 3 is 2.72 bits per heavy atom. The molecule has 0 atom stereocenters. The van der Waals surface area contributed by atoms with Gasteiger partial charge in [0.2, 0.25) is 0 Å². The highest BCUT2D eigenvalue weighted by Crippen LogP contribution is 2.33. The van der Waals surface area contributed by atoms with Crippen LogP contribution in [-0.2, 0) is 0 Å². The van der Waals surface area contributed by atoms with E-state index in [4.69, 9.17) is 0 Å². The van der Waals surface area contributed by atoms with Gasteiger partial charge in [0.15, 0.2) is 17.5 Å². The van der Waals surface area contributed by atoms with Gasteiger partial charge in [-0.3, -0.25) is 5.10 Å². The molecular formula is C13H13F2N3. The number of hydrogen-bond donors (Lipinski definition) is 1. The lowest BCUT2D eigenvalue weighted by Gasteiger charge is -2.02. The summed E-state index contributed by atoms with van der Waals surface area (Å²) < 4.78 is 26.7. The molecule has 2 aromatic rings. The molecule has 0 radical (unpaired) electrons. The van der Waals surface area contributed by atoms with Crippen LogP contribution in [0.4, 0.5) is 8.78 Å². The van der Waals surface area contributed by atoms with Crippen molar-refractivity contribution in [2.24, 2.45) is 0 Å². The molecule has 0 saturated heterocycles. The molecule has 1 saturated carbocycles. The Kier molecular flexibility index (Phi) is 2.81. The first kappa shape index (κ1) is 11.3. The van der Waals surface area contributed by atoms with Crippen molar-refractivity contribution in [1.29, 1.82) is 0 Å². The third-order valence-corrected chi connectivity index (χ3v) is 3.44. The summed E-state index contributed by atoms with van der Waals surface area (Å²) in [5.74, 6) is -0.378. The Balaban J connectivity index is 1.95. The molecule has 94 valence electrons. The van der Waals surface area contributed by atoms with Gasteiger partial charge in [-0.1, -0.05) is 18.9 Å². The van der Waals surface area contributed by atoms with Gasteiger partial charge in [-0.25, -0.2) is 13.8 Å². The maximum Gasteiger partial charge on any atom is 0.184 e. The van der Waals surface area contributed by atoms with Gasteiger partial charge >= 0.3 is 0 Å². The summed E-state index contributed by atoms with van der Waals surface area (Å²) in [6.45, 7) is 0. The molecule has 3 rings (SSSR count). The minimum absolute atomic E-state index is 0.107. The second kappa shape index (κ2) is 4.48.